The third-order valence-electron chi connectivity index (χ3n) is 4.75. The molecule has 142 valence electrons. The van der Waals surface area contributed by atoms with Gasteiger partial charge >= 0.3 is 0 Å². The van der Waals surface area contributed by atoms with E-state index in [1.54, 1.807) is 18.2 Å². The van der Waals surface area contributed by atoms with Gasteiger partial charge in [0.15, 0.2) is 0 Å². The van der Waals surface area contributed by atoms with Crippen molar-refractivity contribution in [1.82, 2.24) is 9.88 Å². The molecule has 5 heteroatoms. The number of unbranched alkanes of at least 4 members (excludes halogenated alkanes) is 6. The average Bonchev–Trinajstić information content (AvgIpc) is 2.64. The lowest BCUT2D eigenvalue weighted by Gasteiger charge is -2.13. The normalized spacial score (nSPS) is 11.0. The number of hydrogen-bond donors (Lipinski definition) is 2. The van der Waals surface area contributed by atoms with Gasteiger partial charge in [-0.3, -0.25) is 9.59 Å². The van der Waals surface area contributed by atoms with E-state index in [-0.39, 0.29) is 11.3 Å². The summed E-state index contributed by atoms with van der Waals surface area (Å²) in [5.74, 6) is -0.723. The van der Waals surface area contributed by atoms with E-state index < -0.39 is 11.5 Å². The first-order chi connectivity index (χ1) is 12.6. The van der Waals surface area contributed by atoms with E-state index in [1.165, 1.54) is 36.7 Å². The third-order valence-corrected chi connectivity index (χ3v) is 4.75. The summed E-state index contributed by atoms with van der Waals surface area (Å²) in [6.07, 6.45) is 8.13. The summed E-state index contributed by atoms with van der Waals surface area (Å²) in [4.78, 5) is 25.1. The summed E-state index contributed by atoms with van der Waals surface area (Å²) in [5.41, 5.74) is 0.0374. The predicted molar refractivity (Wildman–Crippen MR) is 106 cm³/mol. The van der Waals surface area contributed by atoms with Gasteiger partial charge in [-0.2, -0.15) is 0 Å². The van der Waals surface area contributed by atoms with Gasteiger partial charge in [0.1, 0.15) is 11.3 Å². The molecule has 0 saturated carbocycles. The fraction of sp³-hybridized carbons (Fsp3) is 0.524. The molecular weight excluding hydrogens is 328 g/mol. The minimum absolute atomic E-state index is 0.159. The lowest BCUT2D eigenvalue weighted by atomic mass is 10.1. The van der Waals surface area contributed by atoms with Crippen LogP contribution in [0.25, 0.3) is 10.9 Å². The molecule has 0 aliphatic rings. The molecule has 0 unspecified atom stereocenters. The standard InChI is InChI=1S/C21H30N2O3/c1-3-5-6-7-8-9-12-15-22-20(25)18-19(24)16-13-10-11-14-17(16)23(4-2)21(18)26/h10-11,13-14,24H,3-9,12,15H2,1-2H3,(H,22,25). The number of nitrogens with one attached hydrogen (secondary N) is 1. The fourth-order valence-electron chi connectivity index (χ4n) is 3.28. The highest BCUT2D eigenvalue weighted by molar-refractivity contribution is 6.02. The molecular formula is C21H30N2O3. The maximum Gasteiger partial charge on any atom is 0.267 e. The fourth-order valence-corrected chi connectivity index (χ4v) is 3.28. The molecule has 0 aliphatic carbocycles. The molecule has 0 saturated heterocycles. The van der Waals surface area contributed by atoms with Gasteiger partial charge in [-0.15, -0.1) is 0 Å². The summed E-state index contributed by atoms with van der Waals surface area (Å²) in [7, 11) is 0. The molecule has 2 aromatic rings. The van der Waals surface area contributed by atoms with E-state index >= 15 is 0 Å². The Labute approximate surface area is 155 Å². The average molecular weight is 358 g/mol. The van der Waals surface area contributed by atoms with Gasteiger partial charge in [0.25, 0.3) is 11.5 Å². The highest BCUT2D eigenvalue weighted by Crippen LogP contribution is 2.26. The number of para-hydroxylation sites is 1. The number of carbonyl (C=O) groups excluding carboxylic acids is 1. The first-order valence-electron chi connectivity index (χ1n) is 9.74. The molecule has 0 atom stereocenters. The molecule has 0 aliphatic heterocycles. The predicted octanol–water partition coefficient (Wildman–Crippen LogP) is 4.21. The van der Waals surface area contributed by atoms with E-state index in [2.05, 4.69) is 12.2 Å². The number of benzene rings is 1. The molecule has 1 heterocycles. The van der Waals surface area contributed by atoms with Crippen LogP contribution in [0.2, 0.25) is 0 Å². The molecule has 2 N–H and O–H groups in total. The minimum Gasteiger partial charge on any atom is -0.506 e. The molecule has 0 fully saturated rings. The Morgan fingerprint density at radius 1 is 1.04 bits per heavy atom. The molecule has 5 nitrogen and oxygen atoms in total. The number of fused-ring (bicyclic) bond motifs is 1. The number of aromatic nitrogens is 1. The van der Waals surface area contributed by atoms with E-state index in [0.29, 0.717) is 24.0 Å². The highest BCUT2D eigenvalue weighted by atomic mass is 16.3. The lowest BCUT2D eigenvalue weighted by molar-refractivity contribution is 0.0948. The van der Waals surface area contributed by atoms with Crippen LogP contribution in [0, 0.1) is 0 Å². The van der Waals surface area contributed by atoms with Crippen molar-refractivity contribution in [3.63, 3.8) is 0 Å². The van der Waals surface area contributed by atoms with E-state index in [4.69, 9.17) is 0 Å². The number of nitrogens with zero attached hydrogens (tertiary/aromatic N) is 1. The van der Waals surface area contributed by atoms with Crippen LogP contribution >= 0.6 is 0 Å². The van der Waals surface area contributed by atoms with Gasteiger partial charge in [0, 0.05) is 18.5 Å². The van der Waals surface area contributed by atoms with Gasteiger partial charge < -0.3 is 15.0 Å². The van der Waals surface area contributed by atoms with Crippen LogP contribution < -0.4 is 10.9 Å². The Morgan fingerprint density at radius 2 is 1.69 bits per heavy atom. The number of pyridine rings is 1. The second-order valence-corrected chi connectivity index (χ2v) is 6.67. The Hall–Kier alpha value is -2.30. The van der Waals surface area contributed by atoms with Crippen molar-refractivity contribution in [2.24, 2.45) is 0 Å². The summed E-state index contributed by atoms with van der Waals surface area (Å²) < 4.78 is 1.53. The maximum absolute atomic E-state index is 12.7. The summed E-state index contributed by atoms with van der Waals surface area (Å²) in [5, 5.41) is 13.8. The lowest BCUT2D eigenvalue weighted by Crippen LogP contribution is -2.33. The van der Waals surface area contributed by atoms with Crippen LogP contribution in [-0.4, -0.2) is 22.1 Å². The molecule has 26 heavy (non-hydrogen) atoms. The largest absolute Gasteiger partial charge is 0.506 e. The monoisotopic (exact) mass is 358 g/mol. The zero-order valence-corrected chi connectivity index (χ0v) is 15.9. The molecule has 0 spiro atoms. The molecule has 2 rings (SSSR count). The molecule has 0 radical (unpaired) electrons. The quantitative estimate of drug-likeness (QED) is 0.625. The summed E-state index contributed by atoms with van der Waals surface area (Å²) >= 11 is 0. The molecule has 1 aromatic carbocycles. The van der Waals surface area contributed by atoms with Crippen LogP contribution in [0.5, 0.6) is 5.75 Å². The van der Waals surface area contributed by atoms with Crippen LogP contribution in [0.3, 0.4) is 0 Å². The van der Waals surface area contributed by atoms with Crippen molar-refractivity contribution in [1.29, 1.82) is 0 Å². The number of amides is 1. The summed E-state index contributed by atoms with van der Waals surface area (Å²) in [6, 6.07) is 7.10. The Balaban J connectivity index is 2.03. The van der Waals surface area contributed by atoms with Gasteiger partial charge in [-0.05, 0) is 25.5 Å². The Bertz CT molecular complexity index is 796. The number of hydrogen-bond acceptors (Lipinski definition) is 3. The Morgan fingerprint density at radius 3 is 2.38 bits per heavy atom. The van der Waals surface area contributed by atoms with Crippen molar-refractivity contribution >= 4 is 16.8 Å². The van der Waals surface area contributed by atoms with Crippen LogP contribution in [-0.2, 0) is 6.54 Å². The number of aromatic hydroxyl groups is 1. The van der Waals surface area contributed by atoms with E-state index in [9.17, 15) is 14.7 Å². The number of carbonyl (C=O) groups is 1. The smallest absolute Gasteiger partial charge is 0.267 e. The maximum atomic E-state index is 12.7. The Kier molecular flexibility index (Phi) is 7.70. The summed E-state index contributed by atoms with van der Waals surface area (Å²) in [6.45, 7) is 5.01. The molecule has 0 bridgehead atoms. The second kappa shape index (κ2) is 10.00. The van der Waals surface area contributed by atoms with Gasteiger partial charge in [0.2, 0.25) is 0 Å². The van der Waals surface area contributed by atoms with Crippen molar-refractivity contribution < 1.29 is 9.90 Å². The van der Waals surface area contributed by atoms with E-state index in [0.717, 1.165) is 12.8 Å². The van der Waals surface area contributed by atoms with Gasteiger partial charge in [0.05, 0.1) is 5.52 Å². The molecule has 1 amide bonds. The van der Waals surface area contributed by atoms with Crippen molar-refractivity contribution in [2.45, 2.75) is 65.3 Å². The zero-order chi connectivity index (χ0) is 18.9. The first-order valence-corrected chi connectivity index (χ1v) is 9.74. The highest BCUT2D eigenvalue weighted by Gasteiger charge is 2.21. The topological polar surface area (TPSA) is 71.3 Å². The van der Waals surface area contributed by atoms with E-state index in [1.807, 2.05) is 13.0 Å². The van der Waals surface area contributed by atoms with Crippen LogP contribution in [0.15, 0.2) is 29.1 Å². The van der Waals surface area contributed by atoms with Gasteiger partial charge in [-0.25, -0.2) is 0 Å². The minimum atomic E-state index is -0.494. The van der Waals surface area contributed by atoms with Crippen molar-refractivity contribution in [2.75, 3.05) is 6.54 Å². The van der Waals surface area contributed by atoms with Crippen molar-refractivity contribution in [3.8, 4) is 5.75 Å². The second-order valence-electron chi connectivity index (χ2n) is 6.67. The van der Waals surface area contributed by atoms with Gasteiger partial charge in [-0.1, -0.05) is 57.6 Å². The van der Waals surface area contributed by atoms with Crippen LogP contribution in [0.1, 0.15) is 69.2 Å². The molecule has 1 aromatic heterocycles. The number of aryl methyl sites for hydroxylation is 1. The SMILES string of the molecule is CCCCCCCCCNC(=O)c1c(O)c2ccccc2n(CC)c1=O. The zero-order valence-electron chi connectivity index (χ0n) is 15.9. The van der Waals surface area contributed by atoms with Crippen LogP contribution in [0.4, 0.5) is 0 Å². The number of rotatable bonds is 10. The first kappa shape index (κ1) is 20.0. The van der Waals surface area contributed by atoms with Crippen molar-refractivity contribution in [3.05, 3.63) is 40.2 Å². The third kappa shape index (κ3) is 4.65.